The zero-order valence-electron chi connectivity index (χ0n) is 10.2. The van der Waals surface area contributed by atoms with Crippen LogP contribution in [0.15, 0.2) is 40.9 Å². The zero-order valence-corrected chi connectivity index (χ0v) is 13.4. The summed E-state index contributed by atoms with van der Waals surface area (Å²) in [5, 5.41) is 0.596. The van der Waals surface area contributed by atoms with E-state index in [4.69, 9.17) is 34.3 Å². The van der Waals surface area contributed by atoms with E-state index in [-0.39, 0.29) is 17.4 Å². The summed E-state index contributed by atoms with van der Waals surface area (Å²) < 4.78 is 19.7. The van der Waals surface area contributed by atoms with Crippen LogP contribution in [0.4, 0.5) is 4.39 Å². The van der Waals surface area contributed by atoms with Crippen LogP contribution in [0.5, 0.6) is 5.75 Å². The van der Waals surface area contributed by atoms with Gasteiger partial charge < -0.3 is 10.5 Å². The quantitative estimate of drug-likeness (QED) is 0.803. The van der Waals surface area contributed by atoms with E-state index in [2.05, 4.69) is 15.9 Å². The lowest BCUT2D eigenvalue weighted by molar-refractivity contribution is 0.303. The first kappa shape index (κ1) is 15.2. The Morgan fingerprint density at radius 1 is 1.30 bits per heavy atom. The first-order valence-electron chi connectivity index (χ1n) is 5.63. The molecule has 0 heterocycles. The van der Waals surface area contributed by atoms with E-state index in [1.165, 1.54) is 12.1 Å². The summed E-state index contributed by atoms with van der Waals surface area (Å²) in [5.41, 5.74) is 6.81. The van der Waals surface area contributed by atoms with Crippen molar-refractivity contribution in [3.63, 3.8) is 0 Å². The predicted octanol–water partition coefficient (Wildman–Crippen LogP) is 4.45. The molecule has 0 amide bonds. The second-order valence-electron chi connectivity index (χ2n) is 4.03. The van der Waals surface area contributed by atoms with Crippen molar-refractivity contribution in [2.75, 3.05) is 0 Å². The zero-order chi connectivity index (χ0) is 14.7. The third kappa shape index (κ3) is 3.69. The molecule has 0 radical (unpaired) electrons. The number of halogens is 3. The molecule has 0 saturated heterocycles. The van der Waals surface area contributed by atoms with Crippen LogP contribution in [-0.2, 0) is 6.61 Å². The van der Waals surface area contributed by atoms with Gasteiger partial charge in [0, 0.05) is 16.1 Å². The lowest BCUT2D eigenvalue weighted by atomic mass is 10.1. The van der Waals surface area contributed by atoms with Gasteiger partial charge in [0.15, 0.2) is 0 Å². The molecule has 0 atom stereocenters. The van der Waals surface area contributed by atoms with Crippen molar-refractivity contribution in [3.8, 4) is 5.75 Å². The van der Waals surface area contributed by atoms with Crippen LogP contribution in [-0.4, -0.2) is 4.99 Å². The van der Waals surface area contributed by atoms with Gasteiger partial charge in [-0.15, -0.1) is 0 Å². The third-order valence-corrected chi connectivity index (χ3v) is 3.68. The molecule has 0 aromatic heterocycles. The number of hydrogen-bond acceptors (Lipinski definition) is 2. The molecule has 0 bridgehead atoms. The maximum atomic E-state index is 13.3. The standard InChI is InChI=1S/C14H10BrClFNOS/c15-12-6-9(16)1-4-13(12)19-7-8-5-10(17)2-3-11(8)14(18)20/h1-6H,7H2,(H2,18,20). The maximum absolute atomic E-state index is 13.3. The number of nitrogens with two attached hydrogens (primary N) is 1. The Kier molecular flexibility index (Phi) is 4.96. The number of hydrogen-bond donors (Lipinski definition) is 1. The van der Waals surface area contributed by atoms with E-state index in [1.54, 1.807) is 24.3 Å². The van der Waals surface area contributed by atoms with Gasteiger partial charge in [-0.2, -0.15) is 0 Å². The predicted molar refractivity (Wildman–Crippen MR) is 85.8 cm³/mol. The summed E-state index contributed by atoms with van der Waals surface area (Å²) in [6.07, 6.45) is 0. The molecule has 0 aliphatic carbocycles. The number of ether oxygens (including phenoxy) is 1. The molecule has 0 unspecified atom stereocenters. The van der Waals surface area contributed by atoms with E-state index >= 15 is 0 Å². The molecule has 2 rings (SSSR count). The highest BCUT2D eigenvalue weighted by molar-refractivity contribution is 9.10. The average molecular weight is 375 g/mol. The maximum Gasteiger partial charge on any atom is 0.134 e. The van der Waals surface area contributed by atoms with Crippen molar-refractivity contribution in [2.45, 2.75) is 6.61 Å². The van der Waals surface area contributed by atoms with Crippen LogP contribution in [0.25, 0.3) is 0 Å². The van der Waals surface area contributed by atoms with Gasteiger partial charge in [-0.05, 0) is 52.3 Å². The summed E-state index contributed by atoms with van der Waals surface area (Å²) >= 11 is 14.1. The molecule has 2 N–H and O–H groups in total. The van der Waals surface area contributed by atoms with Crippen molar-refractivity contribution >= 4 is 44.7 Å². The highest BCUT2D eigenvalue weighted by Crippen LogP contribution is 2.29. The van der Waals surface area contributed by atoms with Crippen molar-refractivity contribution in [2.24, 2.45) is 5.73 Å². The second kappa shape index (κ2) is 6.52. The minimum Gasteiger partial charge on any atom is -0.488 e. The Labute approximate surface area is 134 Å². The van der Waals surface area contributed by atoms with E-state index in [0.717, 1.165) is 4.47 Å². The largest absolute Gasteiger partial charge is 0.488 e. The summed E-state index contributed by atoms with van der Waals surface area (Å²) in [6.45, 7) is 0.157. The van der Waals surface area contributed by atoms with E-state index < -0.39 is 0 Å². The number of thiocarbonyl (C=S) groups is 1. The highest BCUT2D eigenvalue weighted by Gasteiger charge is 2.09. The van der Waals surface area contributed by atoms with Crippen LogP contribution >= 0.6 is 39.7 Å². The normalized spacial score (nSPS) is 10.3. The molecule has 6 heteroatoms. The molecule has 2 aromatic carbocycles. The molecule has 2 aromatic rings. The summed E-state index contributed by atoms with van der Waals surface area (Å²) in [7, 11) is 0. The van der Waals surface area contributed by atoms with Crippen LogP contribution in [0, 0.1) is 5.82 Å². The van der Waals surface area contributed by atoms with Crippen molar-refractivity contribution < 1.29 is 9.13 Å². The molecule has 104 valence electrons. The lowest BCUT2D eigenvalue weighted by Gasteiger charge is -2.11. The van der Waals surface area contributed by atoms with Gasteiger partial charge in [-0.1, -0.05) is 23.8 Å². The lowest BCUT2D eigenvalue weighted by Crippen LogP contribution is -2.14. The van der Waals surface area contributed by atoms with Crippen molar-refractivity contribution in [1.29, 1.82) is 0 Å². The minimum atomic E-state index is -0.362. The van der Waals surface area contributed by atoms with Crippen LogP contribution < -0.4 is 10.5 Å². The first-order valence-corrected chi connectivity index (χ1v) is 7.21. The monoisotopic (exact) mass is 373 g/mol. The van der Waals surface area contributed by atoms with Gasteiger partial charge in [0.1, 0.15) is 23.2 Å². The van der Waals surface area contributed by atoms with E-state index in [9.17, 15) is 4.39 Å². The first-order chi connectivity index (χ1) is 9.47. The van der Waals surface area contributed by atoms with Gasteiger partial charge in [0.05, 0.1) is 4.47 Å². The van der Waals surface area contributed by atoms with Gasteiger partial charge in [0.2, 0.25) is 0 Å². The molecule has 0 fully saturated rings. The van der Waals surface area contributed by atoms with Gasteiger partial charge in [-0.25, -0.2) is 4.39 Å². The summed E-state index contributed by atoms with van der Waals surface area (Å²) in [4.78, 5) is 0.207. The van der Waals surface area contributed by atoms with E-state index in [0.29, 0.717) is 21.9 Å². The molecular weight excluding hydrogens is 365 g/mol. The molecule has 2 nitrogen and oxygen atoms in total. The molecule has 20 heavy (non-hydrogen) atoms. The third-order valence-electron chi connectivity index (χ3n) is 2.61. The molecule has 0 saturated carbocycles. The van der Waals surface area contributed by atoms with Crippen LogP contribution in [0.1, 0.15) is 11.1 Å². The number of benzene rings is 2. The molecule has 0 spiro atoms. The Morgan fingerprint density at radius 3 is 2.70 bits per heavy atom. The van der Waals surface area contributed by atoms with E-state index in [1.807, 2.05) is 0 Å². The van der Waals surface area contributed by atoms with Gasteiger partial charge >= 0.3 is 0 Å². The SMILES string of the molecule is NC(=S)c1ccc(F)cc1COc1ccc(Cl)cc1Br. The summed E-state index contributed by atoms with van der Waals surface area (Å²) in [6, 6.07) is 9.38. The molecule has 0 aliphatic rings. The molecular formula is C14H10BrClFNOS. The number of rotatable bonds is 4. The Bertz CT molecular complexity index is 666. The fourth-order valence-corrected chi connectivity index (χ4v) is 2.67. The smallest absolute Gasteiger partial charge is 0.134 e. The van der Waals surface area contributed by atoms with Gasteiger partial charge in [0.25, 0.3) is 0 Å². The average Bonchev–Trinajstić information content (AvgIpc) is 2.37. The Morgan fingerprint density at radius 2 is 2.05 bits per heavy atom. The fraction of sp³-hybridized carbons (Fsp3) is 0.0714. The second-order valence-corrected chi connectivity index (χ2v) is 5.76. The van der Waals surface area contributed by atoms with Crippen molar-refractivity contribution in [3.05, 3.63) is 62.8 Å². The Balaban J connectivity index is 2.22. The topological polar surface area (TPSA) is 35.2 Å². The summed E-state index contributed by atoms with van der Waals surface area (Å²) in [5.74, 6) is 0.242. The minimum absolute atomic E-state index is 0.157. The fourth-order valence-electron chi connectivity index (χ4n) is 1.67. The Hall–Kier alpha value is -1.17. The van der Waals surface area contributed by atoms with Crippen LogP contribution in [0.3, 0.4) is 0 Å². The molecule has 0 aliphatic heterocycles. The van der Waals surface area contributed by atoms with Crippen molar-refractivity contribution in [1.82, 2.24) is 0 Å². The van der Waals surface area contributed by atoms with Crippen LogP contribution in [0.2, 0.25) is 5.02 Å². The van der Waals surface area contributed by atoms with Gasteiger partial charge in [-0.3, -0.25) is 0 Å². The highest BCUT2D eigenvalue weighted by atomic mass is 79.9.